The van der Waals surface area contributed by atoms with Crippen LogP contribution in [0.1, 0.15) is 12.1 Å². The molecule has 0 fully saturated rings. The fraction of sp³-hybridized carbons (Fsp3) is 0.150. The Labute approximate surface area is 125 Å². The predicted molar refractivity (Wildman–Crippen MR) is 85.8 cm³/mol. The summed E-state index contributed by atoms with van der Waals surface area (Å²) in [5, 5.41) is 0. The number of aromatic nitrogens is 1. The van der Waals surface area contributed by atoms with Crippen LogP contribution in [0, 0.1) is 0 Å². The second-order valence-electron chi connectivity index (χ2n) is 5.62. The van der Waals surface area contributed by atoms with E-state index in [-0.39, 0.29) is 0 Å². The molecule has 1 aliphatic rings. The van der Waals surface area contributed by atoms with E-state index in [1.807, 2.05) is 0 Å². The SMILES string of the molecule is c1ccc(-c2cc(-c3ccccc3)c3[n+](c2)CCC3)cc1. The van der Waals surface area contributed by atoms with Crippen molar-refractivity contribution in [1.29, 1.82) is 0 Å². The molecule has 0 saturated carbocycles. The molecule has 0 atom stereocenters. The van der Waals surface area contributed by atoms with Crippen LogP contribution in [0.2, 0.25) is 0 Å². The number of hydrogen-bond acceptors (Lipinski definition) is 0. The number of benzene rings is 2. The van der Waals surface area contributed by atoms with E-state index in [0.717, 1.165) is 6.54 Å². The summed E-state index contributed by atoms with van der Waals surface area (Å²) in [4.78, 5) is 0. The van der Waals surface area contributed by atoms with Crippen LogP contribution in [0.3, 0.4) is 0 Å². The van der Waals surface area contributed by atoms with E-state index < -0.39 is 0 Å². The normalized spacial score (nSPS) is 13.1. The molecule has 1 heteroatoms. The van der Waals surface area contributed by atoms with Gasteiger partial charge in [0.25, 0.3) is 0 Å². The lowest BCUT2D eigenvalue weighted by Gasteiger charge is -2.08. The molecule has 0 aliphatic carbocycles. The first-order valence-electron chi connectivity index (χ1n) is 7.59. The minimum atomic E-state index is 1.13. The van der Waals surface area contributed by atoms with Gasteiger partial charge in [0.15, 0.2) is 11.9 Å². The molecule has 2 heterocycles. The van der Waals surface area contributed by atoms with Gasteiger partial charge in [-0.05, 0) is 17.2 Å². The zero-order chi connectivity index (χ0) is 14.1. The molecule has 1 aliphatic heterocycles. The van der Waals surface area contributed by atoms with Crippen molar-refractivity contribution >= 4 is 0 Å². The zero-order valence-corrected chi connectivity index (χ0v) is 12.0. The van der Waals surface area contributed by atoms with Crippen LogP contribution >= 0.6 is 0 Å². The molecule has 0 unspecified atom stereocenters. The van der Waals surface area contributed by atoms with E-state index in [1.54, 1.807) is 0 Å². The van der Waals surface area contributed by atoms with E-state index in [1.165, 1.54) is 40.8 Å². The van der Waals surface area contributed by atoms with Crippen LogP contribution in [0.25, 0.3) is 22.3 Å². The Morgan fingerprint density at radius 1 is 0.714 bits per heavy atom. The zero-order valence-electron chi connectivity index (χ0n) is 12.0. The third-order valence-electron chi connectivity index (χ3n) is 4.26. The lowest BCUT2D eigenvalue weighted by atomic mass is 9.98. The van der Waals surface area contributed by atoms with Gasteiger partial charge in [0.2, 0.25) is 0 Å². The van der Waals surface area contributed by atoms with Gasteiger partial charge >= 0.3 is 0 Å². The van der Waals surface area contributed by atoms with Crippen molar-refractivity contribution in [2.24, 2.45) is 0 Å². The molecule has 0 saturated heterocycles. The second-order valence-corrected chi connectivity index (χ2v) is 5.62. The quantitative estimate of drug-likeness (QED) is 0.614. The summed E-state index contributed by atoms with van der Waals surface area (Å²) in [5.41, 5.74) is 6.77. The van der Waals surface area contributed by atoms with Gasteiger partial charge < -0.3 is 0 Å². The Morgan fingerprint density at radius 3 is 2.10 bits per heavy atom. The summed E-state index contributed by atoms with van der Waals surface area (Å²) in [6, 6.07) is 23.8. The molecule has 1 nitrogen and oxygen atoms in total. The van der Waals surface area contributed by atoms with Gasteiger partial charge in [-0.3, -0.25) is 0 Å². The third kappa shape index (κ3) is 2.25. The van der Waals surface area contributed by atoms with Crippen LogP contribution in [0.15, 0.2) is 72.9 Å². The van der Waals surface area contributed by atoms with E-state index in [9.17, 15) is 0 Å². The monoisotopic (exact) mass is 272 g/mol. The van der Waals surface area contributed by atoms with Crippen LogP contribution in [0.5, 0.6) is 0 Å². The maximum Gasteiger partial charge on any atom is 0.189 e. The molecule has 3 aromatic rings. The highest BCUT2D eigenvalue weighted by molar-refractivity contribution is 5.72. The largest absolute Gasteiger partial charge is 0.201 e. The average molecular weight is 272 g/mol. The topological polar surface area (TPSA) is 3.88 Å². The van der Waals surface area contributed by atoms with Crippen molar-refractivity contribution in [3.8, 4) is 22.3 Å². The van der Waals surface area contributed by atoms with E-state index >= 15 is 0 Å². The van der Waals surface area contributed by atoms with E-state index in [2.05, 4.69) is 77.5 Å². The first-order valence-corrected chi connectivity index (χ1v) is 7.59. The Bertz CT molecular complexity index is 761. The third-order valence-corrected chi connectivity index (χ3v) is 4.26. The molecule has 0 radical (unpaired) electrons. The van der Waals surface area contributed by atoms with Gasteiger partial charge in [0, 0.05) is 24.0 Å². The fourth-order valence-electron chi connectivity index (χ4n) is 3.23. The maximum atomic E-state index is 2.44. The summed E-state index contributed by atoms with van der Waals surface area (Å²) in [5.74, 6) is 0. The second kappa shape index (κ2) is 5.17. The van der Waals surface area contributed by atoms with Gasteiger partial charge in [-0.1, -0.05) is 60.7 Å². The van der Waals surface area contributed by atoms with Crippen molar-refractivity contribution in [3.05, 3.63) is 78.6 Å². The predicted octanol–water partition coefficient (Wildman–Crippen LogP) is 4.25. The van der Waals surface area contributed by atoms with Crippen molar-refractivity contribution < 1.29 is 4.57 Å². The number of rotatable bonds is 2. The maximum absolute atomic E-state index is 2.44. The van der Waals surface area contributed by atoms with Gasteiger partial charge in [-0.2, -0.15) is 0 Å². The number of pyridine rings is 1. The summed E-state index contributed by atoms with van der Waals surface area (Å²) >= 11 is 0. The molecule has 0 N–H and O–H groups in total. The van der Waals surface area contributed by atoms with Crippen LogP contribution in [0.4, 0.5) is 0 Å². The lowest BCUT2D eigenvalue weighted by molar-refractivity contribution is -0.689. The lowest BCUT2D eigenvalue weighted by Crippen LogP contribution is -2.33. The van der Waals surface area contributed by atoms with Crippen LogP contribution in [-0.2, 0) is 13.0 Å². The van der Waals surface area contributed by atoms with Gasteiger partial charge in [0.05, 0.1) is 0 Å². The molecule has 1 aromatic heterocycles. The Morgan fingerprint density at radius 2 is 1.38 bits per heavy atom. The molecule has 102 valence electrons. The first-order chi connectivity index (χ1) is 10.4. The van der Waals surface area contributed by atoms with Crippen LogP contribution in [-0.4, -0.2) is 0 Å². The minimum absolute atomic E-state index is 1.13. The number of fused-ring (bicyclic) bond motifs is 1. The average Bonchev–Trinajstić information content (AvgIpc) is 3.04. The molecule has 0 spiro atoms. The number of hydrogen-bond donors (Lipinski definition) is 0. The molecule has 0 bridgehead atoms. The summed E-state index contributed by atoms with van der Waals surface area (Å²) in [6.45, 7) is 1.13. The van der Waals surface area contributed by atoms with Gasteiger partial charge in [-0.25, -0.2) is 4.57 Å². The van der Waals surface area contributed by atoms with Crippen molar-refractivity contribution in [1.82, 2.24) is 0 Å². The fourth-order valence-corrected chi connectivity index (χ4v) is 3.23. The van der Waals surface area contributed by atoms with E-state index in [4.69, 9.17) is 0 Å². The van der Waals surface area contributed by atoms with Gasteiger partial charge in [-0.15, -0.1) is 0 Å². The minimum Gasteiger partial charge on any atom is -0.201 e. The highest BCUT2D eigenvalue weighted by Gasteiger charge is 2.24. The van der Waals surface area contributed by atoms with Crippen molar-refractivity contribution in [2.75, 3.05) is 0 Å². The summed E-state index contributed by atoms with van der Waals surface area (Å²) in [7, 11) is 0. The summed E-state index contributed by atoms with van der Waals surface area (Å²) < 4.78 is 2.44. The smallest absolute Gasteiger partial charge is 0.189 e. The van der Waals surface area contributed by atoms with Crippen LogP contribution < -0.4 is 4.57 Å². The highest BCUT2D eigenvalue weighted by atomic mass is 15.0. The van der Waals surface area contributed by atoms with Crippen molar-refractivity contribution in [2.45, 2.75) is 19.4 Å². The standard InChI is InChI=1S/C20H18N/c1-3-8-16(9-4-1)18-14-19(17-10-5-2-6-11-17)20-12-7-13-21(20)15-18/h1-6,8-11,14-15H,7,12-13H2/q+1. The molecular weight excluding hydrogens is 254 g/mol. The molecular formula is C20H18N+. The molecule has 0 amide bonds. The molecule has 2 aromatic carbocycles. The number of aryl methyl sites for hydroxylation is 1. The number of nitrogens with zero attached hydrogens (tertiary/aromatic N) is 1. The molecule has 4 rings (SSSR count). The van der Waals surface area contributed by atoms with Gasteiger partial charge in [0.1, 0.15) is 6.54 Å². The summed E-state index contributed by atoms with van der Waals surface area (Å²) in [6.07, 6.45) is 4.74. The van der Waals surface area contributed by atoms with Crippen molar-refractivity contribution in [3.63, 3.8) is 0 Å². The highest BCUT2D eigenvalue weighted by Crippen LogP contribution is 2.29. The Hall–Kier alpha value is -2.41. The van der Waals surface area contributed by atoms with E-state index in [0.29, 0.717) is 0 Å². The first kappa shape index (κ1) is 12.3. The molecule has 21 heavy (non-hydrogen) atoms. The Kier molecular flexibility index (Phi) is 3.04. The Balaban J connectivity index is 1.92.